The summed E-state index contributed by atoms with van der Waals surface area (Å²) in [4.78, 5) is 3.20. The van der Waals surface area contributed by atoms with Crippen LogP contribution >= 0.6 is 12.2 Å². The lowest BCUT2D eigenvalue weighted by molar-refractivity contribution is 0.409. The summed E-state index contributed by atoms with van der Waals surface area (Å²) in [7, 11) is 0. The SMILES string of the molecule is CCC(CC1CC1)n1c(C(C)C)c[nH]c1=S. The molecule has 90 valence electrons. The van der Waals surface area contributed by atoms with Gasteiger partial charge in [0.25, 0.3) is 0 Å². The van der Waals surface area contributed by atoms with Gasteiger partial charge in [0.15, 0.2) is 4.77 Å². The largest absolute Gasteiger partial charge is 0.337 e. The molecular weight excluding hydrogens is 216 g/mol. The molecule has 0 spiro atoms. The van der Waals surface area contributed by atoms with E-state index in [9.17, 15) is 0 Å². The quantitative estimate of drug-likeness (QED) is 0.753. The van der Waals surface area contributed by atoms with Crippen LogP contribution in [0.15, 0.2) is 6.20 Å². The molecule has 0 bridgehead atoms. The van der Waals surface area contributed by atoms with Crippen molar-refractivity contribution in [3.05, 3.63) is 16.7 Å². The Labute approximate surface area is 103 Å². The Hall–Kier alpha value is -0.570. The fourth-order valence-corrected chi connectivity index (χ4v) is 2.72. The summed E-state index contributed by atoms with van der Waals surface area (Å²) in [6.45, 7) is 6.74. The Morgan fingerprint density at radius 1 is 1.50 bits per heavy atom. The standard InChI is InChI=1S/C13H22N2S/c1-4-11(7-10-5-6-10)15-12(9(2)3)8-14-13(15)16/h8-11H,4-7H2,1-3H3,(H,14,16). The number of imidazole rings is 1. The molecule has 16 heavy (non-hydrogen) atoms. The van der Waals surface area contributed by atoms with Crippen LogP contribution in [0.5, 0.6) is 0 Å². The summed E-state index contributed by atoms with van der Waals surface area (Å²) < 4.78 is 3.26. The van der Waals surface area contributed by atoms with E-state index in [2.05, 4.69) is 36.5 Å². The van der Waals surface area contributed by atoms with Crippen LogP contribution in [0.3, 0.4) is 0 Å². The van der Waals surface area contributed by atoms with E-state index in [1.54, 1.807) is 0 Å². The lowest BCUT2D eigenvalue weighted by Gasteiger charge is -2.21. The first kappa shape index (κ1) is 11.9. The molecule has 1 N–H and O–H groups in total. The van der Waals surface area contributed by atoms with Crippen molar-refractivity contribution in [2.75, 3.05) is 0 Å². The molecule has 1 atom stereocenters. The molecule has 1 aromatic rings. The van der Waals surface area contributed by atoms with E-state index in [1.165, 1.54) is 31.4 Å². The molecule has 1 aliphatic rings. The second-order valence-corrected chi connectivity index (χ2v) is 5.67. The fraction of sp³-hybridized carbons (Fsp3) is 0.769. The molecular formula is C13H22N2S. The van der Waals surface area contributed by atoms with Crippen LogP contribution in [0, 0.1) is 10.7 Å². The van der Waals surface area contributed by atoms with Gasteiger partial charge in [0.2, 0.25) is 0 Å². The van der Waals surface area contributed by atoms with Crippen molar-refractivity contribution < 1.29 is 0 Å². The molecule has 1 aliphatic carbocycles. The molecule has 3 heteroatoms. The second-order valence-electron chi connectivity index (χ2n) is 5.28. The molecule has 1 aromatic heterocycles. The minimum absolute atomic E-state index is 0.543. The van der Waals surface area contributed by atoms with Crippen molar-refractivity contribution in [2.45, 2.75) is 58.4 Å². The number of hydrogen-bond donors (Lipinski definition) is 1. The van der Waals surface area contributed by atoms with E-state index in [0.29, 0.717) is 12.0 Å². The van der Waals surface area contributed by atoms with Crippen molar-refractivity contribution in [2.24, 2.45) is 5.92 Å². The van der Waals surface area contributed by atoms with Crippen molar-refractivity contribution in [3.8, 4) is 0 Å². The number of hydrogen-bond acceptors (Lipinski definition) is 1. The lowest BCUT2D eigenvalue weighted by Crippen LogP contribution is -2.13. The van der Waals surface area contributed by atoms with Crippen LogP contribution in [0.4, 0.5) is 0 Å². The van der Waals surface area contributed by atoms with Crippen molar-refractivity contribution >= 4 is 12.2 Å². The van der Waals surface area contributed by atoms with E-state index in [1.807, 2.05) is 0 Å². The van der Waals surface area contributed by atoms with Crippen LogP contribution in [0.25, 0.3) is 0 Å². The van der Waals surface area contributed by atoms with E-state index in [-0.39, 0.29) is 0 Å². The normalized spacial score (nSPS) is 18.0. The first-order valence-electron chi connectivity index (χ1n) is 6.43. The molecule has 1 heterocycles. The molecule has 1 saturated carbocycles. The van der Waals surface area contributed by atoms with Gasteiger partial charge < -0.3 is 9.55 Å². The summed E-state index contributed by atoms with van der Waals surface area (Å²) in [5.74, 6) is 1.50. The van der Waals surface area contributed by atoms with Gasteiger partial charge in [0.1, 0.15) is 0 Å². The third-order valence-corrected chi connectivity index (χ3v) is 3.89. The molecule has 2 rings (SSSR count). The van der Waals surface area contributed by atoms with E-state index in [4.69, 9.17) is 12.2 Å². The van der Waals surface area contributed by atoms with E-state index in [0.717, 1.165) is 10.7 Å². The molecule has 0 saturated heterocycles. The zero-order valence-corrected chi connectivity index (χ0v) is 11.3. The molecule has 0 aromatic carbocycles. The summed E-state index contributed by atoms with van der Waals surface area (Å²) >= 11 is 5.42. The number of aromatic amines is 1. The predicted molar refractivity (Wildman–Crippen MR) is 70.4 cm³/mol. The zero-order valence-electron chi connectivity index (χ0n) is 10.5. The Balaban J connectivity index is 2.27. The van der Waals surface area contributed by atoms with Gasteiger partial charge in [0.05, 0.1) is 0 Å². The molecule has 0 aliphatic heterocycles. The Kier molecular flexibility index (Phi) is 3.53. The van der Waals surface area contributed by atoms with Gasteiger partial charge >= 0.3 is 0 Å². The van der Waals surface area contributed by atoms with Gasteiger partial charge in [-0.2, -0.15) is 0 Å². The molecule has 0 radical (unpaired) electrons. The van der Waals surface area contributed by atoms with Crippen LogP contribution < -0.4 is 0 Å². The van der Waals surface area contributed by atoms with Gasteiger partial charge in [-0.3, -0.25) is 0 Å². The number of rotatable bonds is 5. The number of nitrogens with one attached hydrogen (secondary N) is 1. The van der Waals surface area contributed by atoms with Crippen molar-refractivity contribution in [1.82, 2.24) is 9.55 Å². The van der Waals surface area contributed by atoms with Crippen LogP contribution in [-0.4, -0.2) is 9.55 Å². The van der Waals surface area contributed by atoms with Crippen molar-refractivity contribution in [1.29, 1.82) is 0 Å². The molecule has 1 unspecified atom stereocenters. The first-order chi connectivity index (χ1) is 7.63. The minimum atomic E-state index is 0.543. The molecule has 0 amide bonds. The van der Waals surface area contributed by atoms with Crippen LogP contribution in [-0.2, 0) is 0 Å². The zero-order chi connectivity index (χ0) is 11.7. The summed E-state index contributed by atoms with van der Waals surface area (Å²) in [6, 6.07) is 0.601. The van der Waals surface area contributed by atoms with Gasteiger partial charge in [-0.05, 0) is 36.9 Å². The first-order valence-corrected chi connectivity index (χ1v) is 6.84. The maximum atomic E-state index is 5.42. The maximum Gasteiger partial charge on any atom is 0.177 e. The lowest BCUT2D eigenvalue weighted by atomic mass is 10.1. The van der Waals surface area contributed by atoms with Gasteiger partial charge in [-0.25, -0.2) is 0 Å². The third-order valence-electron chi connectivity index (χ3n) is 3.57. The van der Waals surface area contributed by atoms with E-state index >= 15 is 0 Å². The van der Waals surface area contributed by atoms with Gasteiger partial charge in [-0.1, -0.05) is 33.6 Å². The number of nitrogens with zero attached hydrogens (tertiary/aromatic N) is 1. The Bertz CT molecular complexity index is 398. The average molecular weight is 238 g/mol. The van der Waals surface area contributed by atoms with Crippen molar-refractivity contribution in [3.63, 3.8) is 0 Å². The molecule has 2 nitrogen and oxygen atoms in total. The number of aromatic nitrogens is 2. The van der Waals surface area contributed by atoms with Gasteiger partial charge in [0, 0.05) is 17.9 Å². The summed E-state index contributed by atoms with van der Waals surface area (Å²) in [5.41, 5.74) is 1.36. The van der Waals surface area contributed by atoms with E-state index < -0.39 is 0 Å². The maximum absolute atomic E-state index is 5.42. The second kappa shape index (κ2) is 4.74. The van der Waals surface area contributed by atoms with Crippen LogP contribution in [0.2, 0.25) is 0 Å². The average Bonchev–Trinajstić information content (AvgIpc) is 2.97. The highest BCUT2D eigenvalue weighted by Gasteiger charge is 2.27. The van der Waals surface area contributed by atoms with Gasteiger partial charge in [-0.15, -0.1) is 0 Å². The minimum Gasteiger partial charge on any atom is -0.337 e. The van der Waals surface area contributed by atoms with Crippen LogP contribution in [0.1, 0.15) is 64.1 Å². The Morgan fingerprint density at radius 3 is 2.69 bits per heavy atom. The number of H-pyrrole nitrogens is 1. The highest BCUT2D eigenvalue weighted by molar-refractivity contribution is 7.71. The topological polar surface area (TPSA) is 20.7 Å². The summed E-state index contributed by atoms with van der Waals surface area (Å²) in [6.07, 6.45) is 7.42. The highest BCUT2D eigenvalue weighted by atomic mass is 32.1. The molecule has 1 fully saturated rings. The monoisotopic (exact) mass is 238 g/mol. The Morgan fingerprint density at radius 2 is 2.19 bits per heavy atom. The fourth-order valence-electron chi connectivity index (χ4n) is 2.41. The third kappa shape index (κ3) is 2.40. The smallest absolute Gasteiger partial charge is 0.177 e. The summed E-state index contributed by atoms with van der Waals surface area (Å²) in [5, 5.41) is 0. The predicted octanol–water partition coefficient (Wildman–Crippen LogP) is 4.42. The highest BCUT2D eigenvalue weighted by Crippen LogP contribution is 2.38.